The molecule has 0 bridgehead atoms. The highest BCUT2D eigenvalue weighted by Gasteiger charge is 2.36. The summed E-state index contributed by atoms with van der Waals surface area (Å²) < 4.78 is 0. The van der Waals surface area contributed by atoms with E-state index in [1.807, 2.05) is 24.4 Å². The maximum absolute atomic E-state index is 11.9. The number of carbonyl (C=O) groups is 1. The van der Waals surface area contributed by atoms with Crippen molar-refractivity contribution in [2.75, 3.05) is 13.1 Å². The number of carbonyl (C=O) groups excluding carboxylic acids is 1. The molecule has 4 rings (SSSR count). The van der Waals surface area contributed by atoms with Crippen LogP contribution in [0.1, 0.15) is 24.8 Å². The molecule has 2 aliphatic rings. The highest BCUT2D eigenvalue weighted by Crippen LogP contribution is 2.27. The Hall–Kier alpha value is -1.94. The van der Waals surface area contributed by atoms with Gasteiger partial charge < -0.3 is 4.90 Å². The molecule has 4 nitrogen and oxygen atoms in total. The van der Waals surface area contributed by atoms with E-state index in [2.05, 4.69) is 26.9 Å². The van der Waals surface area contributed by atoms with Gasteiger partial charge in [0.15, 0.2) is 0 Å². The Morgan fingerprint density at radius 3 is 3.10 bits per heavy atom. The second-order valence-corrected chi connectivity index (χ2v) is 5.97. The number of rotatable bonds is 2. The average molecular weight is 281 g/mol. The molecular weight excluding hydrogens is 262 g/mol. The van der Waals surface area contributed by atoms with Gasteiger partial charge in [0.2, 0.25) is 5.91 Å². The molecule has 21 heavy (non-hydrogen) atoms. The number of hydrogen-bond donors (Lipinski definition) is 0. The minimum Gasteiger partial charge on any atom is -0.327 e. The van der Waals surface area contributed by atoms with Gasteiger partial charge in [0.05, 0.1) is 11.7 Å². The van der Waals surface area contributed by atoms with Gasteiger partial charge in [-0.15, -0.1) is 0 Å². The lowest BCUT2D eigenvalue weighted by atomic mass is 10.1. The van der Waals surface area contributed by atoms with E-state index in [-0.39, 0.29) is 0 Å². The molecule has 2 aromatic rings. The van der Waals surface area contributed by atoms with Crippen LogP contribution in [0.5, 0.6) is 0 Å². The van der Waals surface area contributed by atoms with Crippen molar-refractivity contribution in [3.05, 3.63) is 42.1 Å². The minimum atomic E-state index is 0.303. The van der Waals surface area contributed by atoms with Crippen LogP contribution in [0.2, 0.25) is 0 Å². The van der Waals surface area contributed by atoms with Crippen LogP contribution in [0.15, 0.2) is 36.5 Å². The lowest BCUT2D eigenvalue weighted by Crippen LogP contribution is -2.52. The molecule has 0 aliphatic carbocycles. The van der Waals surface area contributed by atoms with Crippen molar-refractivity contribution in [1.82, 2.24) is 14.8 Å². The maximum atomic E-state index is 11.9. The molecule has 2 aliphatic heterocycles. The molecule has 1 aromatic carbocycles. The summed E-state index contributed by atoms with van der Waals surface area (Å²) in [5.74, 6) is 0.324. The third-order valence-corrected chi connectivity index (χ3v) is 4.61. The van der Waals surface area contributed by atoms with E-state index in [1.54, 1.807) is 0 Å². The van der Waals surface area contributed by atoms with Crippen molar-refractivity contribution in [3.63, 3.8) is 0 Å². The monoisotopic (exact) mass is 281 g/mol. The van der Waals surface area contributed by atoms with Crippen LogP contribution in [0.3, 0.4) is 0 Å². The van der Waals surface area contributed by atoms with Crippen molar-refractivity contribution in [3.8, 4) is 0 Å². The Kier molecular flexibility index (Phi) is 3.11. The smallest absolute Gasteiger partial charge is 0.225 e. The summed E-state index contributed by atoms with van der Waals surface area (Å²) in [5, 5.41) is 1.19. The molecule has 0 spiro atoms. The van der Waals surface area contributed by atoms with Gasteiger partial charge in [0.1, 0.15) is 0 Å². The van der Waals surface area contributed by atoms with E-state index in [1.165, 1.54) is 10.9 Å². The van der Waals surface area contributed by atoms with Gasteiger partial charge in [-0.05, 0) is 30.5 Å². The van der Waals surface area contributed by atoms with Crippen LogP contribution in [0.25, 0.3) is 10.9 Å². The third kappa shape index (κ3) is 2.29. The SMILES string of the molecule is O=C1CCN(Cc2cnc3ccccc3c2)[C@H]2CCCN12. The van der Waals surface area contributed by atoms with Crippen LogP contribution in [0.4, 0.5) is 0 Å². The van der Waals surface area contributed by atoms with E-state index in [4.69, 9.17) is 0 Å². The Balaban J connectivity index is 1.58. The predicted octanol–water partition coefficient (Wildman–Crippen LogP) is 2.39. The van der Waals surface area contributed by atoms with E-state index >= 15 is 0 Å². The van der Waals surface area contributed by atoms with Gasteiger partial charge in [0, 0.05) is 37.6 Å². The van der Waals surface area contributed by atoms with Gasteiger partial charge in [-0.2, -0.15) is 0 Å². The largest absolute Gasteiger partial charge is 0.327 e. The number of fused-ring (bicyclic) bond motifs is 2. The van der Waals surface area contributed by atoms with Gasteiger partial charge in [0.25, 0.3) is 0 Å². The van der Waals surface area contributed by atoms with Crippen LogP contribution in [-0.4, -0.2) is 39.9 Å². The first-order valence-corrected chi connectivity index (χ1v) is 7.68. The Morgan fingerprint density at radius 2 is 2.14 bits per heavy atom. The third-order valence-electron chi connectivity index (χ3n) is 4.61. The molecule has 0 saturated carbocycles. The average Bonchev–Trinajstić information content (AvgIpc) is 3.01. The molecule has 1 aromatic heterocycles. The summed E-state index contributed by atoms with van der Waals surface area (Å²) in [5.41, 5.74) is 2.27. The standard InChI is InChI=1S/C17H19N3O/c21-17-7-9-19(16-6-3-8-20(16)17)12-13-10-14-4-1-2-5-15(14)18-11-13/h1-2,4-5,10-11,16H,3,6-9,12H2/t16-/m1/s1. The fourth-order valence-electron chi connectivity index (χ4n) is 3.57. The van der Waals surface area contributed by atoms with Crippen molar-refractivity contribution < 1.29 is 4.79 Å². The van der Waals surface area contributed by atoms with Crippen LogP contribution < -0.4 is 0 Å². The van der Waals surface area contributed by atoms with Crippen molar-refractivity contribution in [2.45, 2.75) is 32.0 Å². The molecule has 0 radical (unpaired) electrons. The van der Waals surface area contributed by atoms with Gasteiger partial charge >= 0.3 is 0 Å². The quantitative estimate of drug-likeness (QED) is 0.848. The summed E-state index contributed by atoms with van der Waals surface area (Å²) in [4.78, 5) is 21.0. The van der Waals surface area contributed by atoms with Crippen LogP contribution in [0, 0.1) is 0 Å². The number of aromatic nitrogens is 1. The first-order chi connectivity index (χ1) is 10.3. The molecule has 3 heterocycles. The van der Waals surface area contributed by atoms with Crippen molar-refractivity contribution >= 4 is 16.8 Å². The molecule has 4 heteroatoms. The lowest BCUT2D eigenvalue weighted by Gasteiger charge is -2.39. The summed E-state index contributed by atoms with van der Waals surface area (Å²) in [6, 6.07) is 10.4. The summed E-state index contributed by atoms with van der Waals surface area (Å²) >= 11 is 0. The first-order valence-electron chi connectivity index (χ1n) is 7.68. The number of pyridine rings is 1. The number of amides is 1. The molecule has 108 valence electrons. The fourth-order valence-corrected chi connectivity index (χ4v) is 3.57. The highest BCUT2D eigenvalue weighted by atomic mass is 16.2. The zero-order valence-corrected chi connectivity index (χ0v) is 12.0. The minimum absolute atomic E-state index is 0.303. The highest BCUT2D eigenvalue weighted by molar-refractivity contribution is 5.79. The summed E-state index contributed by atoms with van der Waals surface area (Å²) in [6.45, 7) is 2.68. The van der Waals surface area contributed by atoms with Crippen molar-refractivity contribution in [2.24, 2.45) is 0 Å². The molecule has 0 unspecified atom stereocenters. The summed E-state index contributed by atoms with van der Waals surface area (Å²) in [6.07, 6.45) is 5.16. The zero-order chi connectivity index (χ0) is 14.2. The predicted molar refractivity (Wildman–Crippen MR) is 81.5 cm³/mol. The topological polar surface area (TPSA) is 36.4 Å². The normalized spacial score (nSPS) is 22.8. The Labute approximate surface area is 124 Å². The van der Waals surface area contributed by atoms with Gasteiger partial charge in [-0.1, -0.05) is 18.2 Å². The number of para-hydroxylation sites is 1. The van der Waals surface area contributed by atoms with Crippen LogP contribution >= 0.6 is 0 Å². The Bertz CT molecular complexity index is 685. The number of nitrogens with zero attached hydrogens (tertiary/aromatic N) is 3. The van der Waals surface area contributed by atoms with E-state index in [0.717, 1.165) is 38.0 Å². The molecule has 2 saturated heterocycles. The van der Waals surface area contributed by atoms with E-state index in [9.17, 15) is 4.79 Å². The second-order valence-electron chi connectivity index (χ2n) is 5.97. The molecular formula is C17H19N3O. The molecule has 1 amide bonds. The zero-order valence-electron chi connectivity index (χ0n) is 12.0. The van der Waals surface area contributed by atoms with Crippen molar-refractivity contribution in [1.29, 1.82) is 0 Å². The first kappa shape index (κ1) is 12.8. The number of hydrogen-bond acceptors (Lipinski definition) is 3. The van der Waals surface area contributed by atoms with Gasteiger partial charge in [-0.25, -0.2) is 0 Å². The molecule has 1 atom stereocenters. The summed E-state index contributed by atoms with van der Waals surface area (Å²) in [7, 11) is 0. The van der Waals surface area contributed by atoms with E-state index in [0.29, 0.717) is 18.5 Å². The maximum Gasteiger partial charge on any atom is 0.225 e. The van der Waals surface area contributed by atoms with Gasteiger partial charge in [-0.3, -0.25) is 14.7 Å². The molecule has 2 fully saturated rings. The second kappa shape index (κ2) is 5.11. The van der Waals surface area contributed by atoms with Crippen LogP contribution in [-0.2, 0) is 11.3 Å². The number of benzene rings is 1. The van der Waals surface area contributed by atoms with E-state index < -0.39 is 0 Å². The molecule has 0 N–H and O–H groups in total. The Morgan fingerprint density at radius 1 is 1.24 bits per heavy atom. The lowest BCUT2D eigenvalue weighted by molar-refractivity contribution is -0.141. The fraction of sp³-hybridized carbons (Fsp3) is 0.412.